The number of fused-ring (bicyclic) bond motifs is 1. The van der Waals surface area contributed by atoms with Crippen molar-refractivity contribution >= 4 is 34.7 Å². The van der Waals surface area contributed by atoms with Crippen LogP contribution >= 0.6 is 11.6 Å². The van der Waals surface area contributed by atoms with Gasteiger partial charge in [-0.05, 0) is 91.8 Å². The van der Waals surface area contributed by atoms with E-state index in [1.165, 1.54) is 16.0 Å². The largest absolute Gasteiger partial charge is 0.507 e. The predicted octanol–water partition coefficient (Wildman–Crippen LogP) is 6.25. The Bertz CT molecular complexity index is 1400. The third kappa shape index (κ3) is 4.58. The van der Waals surface area contributed by atoms with Gasteiger partial charge in [0.05, 0.1) is 25.3 Å². The molecule has 1 aliphatic heterocycles. The summed E-state index contributed by atoms with van der Waals surface area (Å²) in [5, 5.41) is 12.0. The van der Waals surface area contributed by atoms with Crippen molar-refractivity contribution in [2.75, 3.05) is 18.6 Å². The number of anilines is 1. The number of benzene rings is 3. The van der Waals surface area contributed by atoms with Crippen LogP contribution in [0.1, 0.15) is 48.1 Å². The van der Waals surface area contributed by atoms with Gasteiger partial charge in [-0.2, -0.15) is 0 Å². The summed E-state index contributed by atoms with van der Waals surface area (Å²) in [5.41, 5.74) is 4.09. The van der Waals surface area contributed by atoms with E-state index in [2.05, 4.69) is 0 Å². The zero-order valence-electron chi connectivity index (χ0n) is 20.8. The highest BCUT2D eigenvalue weighted by Crippen LogP contribution is 2.44. The molecule has 1 fully saturated rings. The molecular formula is C30H28ClNO5. The van der Waals surface area contributed by atoms with Gasteiger partial charge in [-0.25, -0.2) is 0 Å². The first-order valence-electron chi connectivity index (χ1n) is 12.4. The quantitative estimate of drug-likeness (QED) is 0.237. The topological polar surface area (TPSA) is 76.1 Å². The summed E-state index contributed by atoms with van der Waals surface area (Å²) in [6.07, 6.45) is 4.16. The summed E-state index contributed by atoms with van der Waals surface area (Å²) in [7, 11) is 1.55. The summed E-state index contributed by atoms with van der Waals surface area (Å²) < 4.78 is 11.2. The number of hydrogen-bond donors (Lipinski definition) is 1. The number of aliphatic hydroxyl groups is 1. The van der Waals surface area contributed by atoms with E-state index in [4.69, 9.17) is 21.1 Å². The molecule has 0 bridgehead atoms. The molecule has 1 heterocycles. The Morgan fingerprint density at radius 3 is 2.41 bits per heavy atom. The average Bonchev–Trinajstić information content (AvgIpc) is 3.18. The number of halogens is 1. The molecule has 0 saturated carbocycles. The molecule has 7 heteroatoms. The number of ketones is 1. The third-order valence-electron chi connectivity index (χ3n) is 6.97. The molecule has 0 aromatic heterocycles. The van der Waals surface area contributed by atoms with Gasteiger partial charge in [0.15, 0.2) is 11.5 Å². The Hall–Kier alpha value is -3.77. The number of methoxy groups -OCH3 is 1. The van der Waals surface area contributed by atoms with Crippen LogP contribution < -0.4 is 14.4 Å². The summed E-state index contributed by atoms with van der Waals surface area (Å²) in [4.78, 5) is 28.3. The second-order valence-corrected chi connectivity index (χ2v) is 9.62. The first-order chi connectivity index (χ1) is 17.9. The number of hydrogen-bond acceptors (Lipinski definition) is 5. The van der Waals surface area contributed by atoms with Crippen LogP contribution in [0.2, 0.25) is 5.02 Å². The number of carbonyl (C=O) groups is 2. The first kappa shape index (κ1) is 24.9. The predicted molar refractivity (Wildman–Crippen MR) is 143 cm³/mol. The molecule has 3 aromatic carbocycles. The molecular weight excluding hydrogens is 490 g/mol. The van der Waals surface area contributed by atoms with Gasteiger partial charge in [-0.15, -0.1) is 0 Å². The van der Waals surface area contributed by atoms with Crippen LogP contribution in [0.4, 0.5) is 5.69 Å². The van der Waals surface area contributed by atoms with Gasteiger partial charge in [0.25, 0.3) is 11.7 Å². The van der Waals surface area contributed by atoms with E-state index in [1.54, 1.807) is 49.6 Å². The van der Waals surface area contributed by atoms with Crippen LogP contribution in [0.25, 0.3) is 5.76 Å². The smallest absolute Gasteiger partial charge is 0.300 e. The zero-order chi connectivity index (χ0) is 26.1. The van der Waals surface area contributed by atoms with Crippen molar-refractivity contribution in [3.8, 4) is 11.5 Å². The number of amides is 1. The van der Waals surface area contributed by atoms with Gasteiger partial charge in [0.2, 0.25) is 0 Å². The van der Waals surface area contributed by atoms with E-state index in [9.17, 15) is 14.7 Å². The van der Waals surface area contributed by atoms with Gasteiger partial charge >= 0.3 is 0 Å². The van der Waals surface area contributed by atoms with Crippen LogP contribution in [0.3, 0.4) is 0 Å². The number of rotatable bonds is 6. The normalized spacial score (nSPS) is 18.6. The lowest BCUT2D eigenvalue weighted by atomic mass is 9.88. The molecule has 1 amide bonds. The van der Waals surface area contributed by atoms with Crippen molar-refractivity contribution in [1.29, 1.82) is 0 Å². The Kier molecular flexibility index (Phi) is 6.94. The van der Waals surface area contributed by atoms with Crippen LogP contribution in [0.15, 0.2) is 66.2 Å². The van der Waals surface area contributed by atoms with Crippen molar-refractivity contribution in [1.82, 2.24) is 0 Å². The number of Topliss-reactive ketones (excluding diaryl/α,β-unsaturated/α-hetero) is 1. The fourth-order valence-corrected chi connectivity index (χ4v) is 5.31. The zero-order valence-corrected chi connectivity index (χ0v) is 21.5. The number of aliphatic hydroxyl groups excluding tert-OH is 1. The van der Waals surface area contributed by atoms with E-state index < -0.39 is 17.7 Å². The molecule has 1 saturated heterocycles. The lowest BCUT2D eigenvalue weighted by Gasteiger charge is -2.26. The number of nitrogens with zero attached hydrogens (tertiary/aromatic N) is 1. The molecule has 3 aromatic rings. The molecule has 6 nitrogen and oxygen atoms in total. The molecule has 1 unspecified atom stereocenters. The maximum absolute atomic E-state index is 13.5. The Morgan fingerprint density at radius 2 is 1.70 bits per heavy atom. The van der Waals surface area contributed by atoms with Crippen molar-refractivity contribution < 1.29 is 24.2 Å². The third-order valence-corrected chi connectivity index (χ3v) is 7.23. The van der Waals surface area contributed by atoms with Gasteiger partial charge in [-0.3, -0.25) is 14.5 Å². The van der Waals surface area contributed by atoms with Crippen molar-refractivity contribution in [3.05, 3.63) is 93.5 Å². The lowest BCUT2D eigenvalue weighted by Crippen LogP contribution is -2.29. The summed E-state index contributed by atoms with van der Waals surface area (Å²) in [6, 6.07) is 16.9. The fourth-order valence-electron chi connectivity index (χ4n) is 5.18. The van der Waals surface area contributed by atoms with E-state index in [0.29, 0.717) is 39.9 Å². The van der Waals surface area contributed by atoms with E-state index in [-0.39, 0.29) is 11.3 Å². The minimum atomic E-state index is -0.873. The maximum atomic E-state index is 13.5. The Balaban J connectivity index is 1.70. The van der Waals surface area contributed by atoms with E-state index >= 15 is 0 Å². The summed E-state index contributed by atoms with van der Waals surface area (Å²) in [5.74, 6) is -0.645. The van der Waals surface area contributed by atoms with Crippen molar-refractivity contribution in [2.24, 2.45) is 0 Å². The standard InChI is InChI=1S/C30H28ClNO5/c1-3-37-25-17-20(10-15-24(25)36-2)27-26(28(33)21-9-8-18-6-4-5-7-19(18)16-21)29(34)30(35)32(27)23-13-11-22(31)12-14-23/h8-17,27,33H,3-7H2,1-2H3/b28-26+. The second-order valence-electron chi connectivity index (χ2n) is 9.18. The fraction of sp³-hybridized carbons (Fsp3) is 0.267. The summed E-state index contributed by atoms with van der Waals surface area (Å²) in [6.45, 7) is 2.27. The van der Waals surface area contributed by atoms with Gasteiger partial charge in [0.1, 0.15) is 5.76 Å². The number of carbonyl (C=O) groups excluding carboxylic acids is 2. The minimum absolute atomic E-state index is 0.0309. The molecule has 0 spiro atoms. The van der Waals surface area contributed by atoms with Crippen molar-refractivity contribution in [3.63, 3.8) is 0 Å². The van der Waals surface area contributed by atoms with E-state index in [1.807, 2.05) is 25.1 Å². The highest BCUT2D eigenvalue weighted by molar-refractivity contribution is 6.51. The van der Waals surface area contributed by atoms with Crippen LogP contribution in [-0.2, 0) is 22.4 Å². The number of aryl methyl sites for hydroxylation is 2. The lowest BCUT2D eigenvalue weighted by molar-refractivity contribution is -0.132. The maximum Gasteiger partial charge on any atom is 0.300 e. The van der Waals surface area contributed by atoms with Gasteiger partial charge in [-0.1, -0.05) is 29.8 Å². The SMILES string of the molecule is CCOc1cc(C2/C(=C(\O)c3ccc4c(c3)CCCC4)C(=O)C(=O)N2c2ccc(Cl)cc2)ccc1OC. The highest BCUT2D eigenvalue weighted by Gasteiger charge is 2.47. The van der Waals surface area contributed by atoms with E-state index in [0.717, 1.165) is 25.7 Å². The molecule has 1 aliphatic carbocycles. The molecule has 1 atom stereocenters. The van der Waals surface area contributed by atoms with Gasteiger partial charge in [0, 0.05) is 16.3 Å². The number of ether oxygens (including phenoxy) is 2. The molecule has 2 aliphatic rings. The molecule has 190 valence electrons. The molecule has 0 radical (unpaired) electrons. The second kappa shape index (κ2) is 10.3. The summed E-state index contributed by atoms with van der Waals surface area (Å²) >= 11 is 6.09. The highest BCUT2D eigenvalue weighted by atomic mass is 35.5. The van der Waals surface area contributed by atoms with Gasteiger partial charge < -0.3 is 14.6 Å². The molecule has 1 N–H and O–H groups in total. The van der Waals surface area contributed by atoms with Crippen LogP contribution in [0.5, 0.6) is 11.5 Å². The molecule has 5 rings (SSSR count). The average molecular weight is 518 g/mol. The van der Waals surface area contributed by atoms with Crippen LogP contribution in [-0.4, -0.2) is 30.5 Å². The Labute approximate surface area is 221 Å². The van der Waals surface area contributed by atoms with Crippen LogP contribution in [0, 0.1) is 0 Å². The van der Waals surface area contributed by atoms with Crippen molar-refractivity contribution in [2.45, 2.75) is 38.6 Å². The minimum Gasteiger partial charge on any atom is -0.507 e. The monoisotopic (exact) mass is 517 g/mol. The first-order valence-corrected chi connectivity index (χ1v) is 12.8. The Morgan fingerprint density at radius 1 is 0.973 bits per heavy atom. The molecule has 37 heavy (non-hydrogen) atoms.